The molecule has 0 bridgehead atoms. The lowest BCUT2D eigenvalue weighted by Crippen LogP contribution is -2.51. The van der Waals surface area contributed by atoms with Crippen LogP contribution in [0.2, 0.25) is 0 Å². The maximum atomic E-state index is 8.00. The van der Waals surface area contributed by atoms with Crippen LogP contribution in [0.25, 0.3) is 0 Å². The maximum Gasteiger partial charge on any atom is 0.106 e. The lowest BCUT2D eigenvalue weighted by Gasteiger charge is -2.59. The zero-order chi connectivity index (χ0) is 19.1. The van der Waals surface area contributed by atoms with E-state index in [1.165, 1.54) is 50.5 Å². The lowest BCUT2D eigenvalue weighted by molar-refractivity contribution is -0.0980. The van der Waals surface area contributed by atoms with Gasteiger partial charge in [-0.1, -0.05) is 40.5 Å². The van der Waals surface area contributed by atoms with Crippen molar-refractivity contribution in [2.75, 3.05) is 7.11 Å². The molecule has 25 heavy (non-hydrogen) atoms. The lowest BCUT2D eigenvalue weighted by atomic mass is 9.46. The summed E-state index contributed by atoms with van der Waals surface area (Å²) in [5.74, 6) is 2.68. The number of aryl methyl sites for hydroxylation is 1. The molecule has 1 aromatic heterocycles. The molecule has 0 amide bonds. The van der Waals surface area contributed by atoms with Crippen LogP contribution < -0.4 is 0 Å². The molecule has 3 rings (SSSR count). The van der Waals surface area contributed by atoms with Gasteiger partial charge in [-0.3, -0.25) is 0 Å². The molecular weight excluding hydrogens is 312 g/mol. The monoisotopic (exact) mass is 350 g/mol. The SMILES string of the molecule is C=O.CC1CCC2C(C)(C)CCCC2(C)C1CCc1ccoc1.CO. The second-order valence-electron chi connectivity index (χ2n) is 8.73. The second-order valence-corrected chi connectivity index (χ2v) is 8.73. The molecule has 3 nitrogen and oxygen atoms in total. The molecule has 0 spiro atoms. The van der Waals surface area contributed by atoms with Crippen LogP contribution in [0, 0.1) is 28.6 Å². The molecule has 144 valence electrons. The molecule has 1 heterocycles. The number of carbonyl (C=O) groups excluding carboxylic acids is 1. The van der Waals surface area contributed by atoms with Gasteiger partial charge in [0, 0.05) is 7.11 Å². The van der Waals surface area contributed by atoms with Gasteiger partial charge in [-0.2, -0.15) is 0 Å². The summed E-state index contributed by atoms with van der Waals surface area (Å²) in [5.41, 5.74) is 2.48. The Morgan fingerprint density at radius 3 is 2.48 bits per heavy atom. The molecule has 0 radical (unpaired) electrons. The van der Waals surface area contributed by atoms with Crippen molar-refractivity contribution in [2.45, 2.75) is 72.6 Å². The van der Waals surface area contributed by atoms with E-state index in [-0.39, 0.29) is 0 Å². The van der Waals surface area contributed by atoms with Crippen LogP contribution in [0.3, 0.4) is 0 Å². The van der Waals surface area contributed by atoms with Crippen LogP contribution in [-0.2, 0) is 11.2 Å². The molecule has 4 unspecified atom stereocenters. The third kappa shape index (κ3) is 4.75. The predicted molar refractivity (Wildman–Crippen MR) is 103 cm³/mol. The van der Waals surface area contributed by atoms with Gasteiger partial charge in [0.05, 0.1) is 12.5 Å². The summed E-state index contributed by atoms with van der Waals surface area (Å²) in [4.78, 5) is 8.00. The zero-order valence-corrected chi connectivity index (χ0v) is 16.9. The molecule has 1 aromatic rings. The number of hydrogen-bond acceptors (Lipinski definition) is 3. The zero-order valence-electron chi connectivity index (χ0n) is 16.9. The van der Waals surface area contributed by atoms with E-state index in [1.807, 2.05) is 19.3 Å². The Kier molecular flexibility index (Phi) is 8.40. The quantitative estimate of drug-likeness (QED) is 0.781. The Labute approximate surface area is 154 Å². The molecule has 3 heteroatoms. The molecule has 4 atom stereocenters. The van der Waals surface area contributed by atoms with Crippen LogP contribution in [0.4, 0.5) is 0 Å². The second kappa shape index (κ2) is 9.56. The van der Waals surface area contributed by atoms with Gasteiger partial charge in [0.15, 0.2) is 0 Å². The Morgan fingerprint density at radius 2 is 1.88 bits per heavy atom. The number of fused-ring (bicyclic) bond motifs is 1. The molecule has 0 saturated heterocycles. The van der Waals surface area contributed by atoms with Crippen molar-refractivity contribution < 1.29 is 14.3 Å². The maximum absolute atomic E-state index is 8.00. The number of furan rings is 1. The summed E-state index contributed by atoms with van der Waals surface area (Å²) in [6.07, 6.45) is 13.4. The smallest absolute Gasteiger partial charge is 0.106 e. The van der Waals surface area contributed by atoms with E-state index in [9.17, 15) is 0 Å². The summed E-state index contributed by atoms with van der Waals surface area (Å²) in [7, 11) is 1.00. The molecule has 2 aliphatic rings. The summed E-state index contributed by atoms with van der Waals surface area (Å²) >= 11 is 0. The van der Waals surface area contributed by atoms with Crippen LogP contribution in [0.15, 0.2) is 23.0 Å². The Balaban J connectivity index is 0.000000730. The van der Waals surface area contributed by atoms with Gasteiger partial charge in [0.25, 0.3) is 0 Å². The van der Waals surface area contributed by atoms with Crippen molar-refractivity contribution in [3.63, 3.8) is 0 Å². The molecule has 0 aromatic carbocycles. The van der Waals surface area contributed by atoms with Gasteiger partial charge in [-0.25, -0.2) is 0 Å². The average molecular weight is 351 g/mol. The van der Waals surface area contributed by atoms with Gasteiger partial charge in [0.1, 0.15) is 6.79 Å². The highest BCUT2D eigenvalue weighted by Gasteiger charge is 2.53. The molecule has 2 saturated carbocycles. The number of aliphatic hydroxyl groups is 1. The third-order valence-corrected chi connectivity index (χ3v) is 7.04. The topological polar surface area (TPSA) is 50.4 Å². The molecular formula is C22H38O3. The van der Waals surface area contributed by atoms with Crippen LogP contribution in [0.5, 0.6) is 0 Å². The van der Waals surface area contributed by atoms with Crippen molar-refractivity contribution in [2.24, 2.45) is 28.6 Å². The summed E-state index contributed by atoms with van der Waals surface area (Å²) in [6.45, 7) is 12.2. The highest BCUT2D eigenvalue weighted by Crippen LogP contribution is 2.61. The largest absolute Gasteiger partial charge is 0.472 e. The first-order chi connectivity index (χ1) is 11.9. The minimum absolute atomic E-state index is 0.543. The van der Waals surface area contributed by atoms with Gasteiger partial charge < -0.3 is 14.3 Å². The van der Waals surface area contributed by atoms with E-state index in [0.29, 0.717) is 10.8 Å². The van der Waals surface area contributed by atoms with Crippen LogP contribution in [0.1, 0.15) is 71.8 Å². The molecule has 1 N–H and O–H groups in total. The van der Waals surface area contributed by atoms with E-state index >= 15 is 0 Å². The van der Waals surface area contributed by atoms with E-state index < -0.39 is 0 Å². The molecule has 2 aliphatic carbocycles. The minimum Gasteiger partial charge on any atom is -0.472 e. The van der Waals surface area contributed by atoms with Gasteiger partial charge in [0.2, 0.25) is 0 Å². The highest BCUT2D eigenvalue weighted by molar-refractivity contribution is 5.11. The number of rotatable bonds is 3. The van der Waals surface area contributed by atoms with E-state index in [0.717, 1.165) is 24.9 Å². The Morgan fingerprint density at radius 1 is 1.20 bits per heavy atom. The Bertz CT molecular complexity index is 479. The van der Waals surface area contributed by atoms with Gasteiger partial charge in [-0.05, 0) is 72.3 Å². The van der Waals surface area contributed by atoms with E-state index in [4.69, 9.17) is 14.3 Å². The van der Waals surface area contributed by atoms with E-state index in [1.54, 1.807) is 0 Å². The summed E-state index contributed by atoms with van der Waals surface area (Å²) < 4.78 is 5.25. The Hall–Kier alpha value is -1.09. The fraction of sp³-hybridized carbons (Fsp3) is 0.773. The van der Waals surface area contributed by atoms with Gasteiger partial charge in [-0.15, -0.1) is 0 Å². The highest BCUT2D eigenvalue weighted by atomic mass is 16.3. The van der Waals surface area contributed by atoms with Crippen molar-refractivity contribution >= 4 is 6.79 Å². The standard InChI is InChI=1S/C20H32O.CH4O.CH2O/c1-15-6-9-18-19(2,3)11-5-12-20(18,4)17(15)8-7-16-10-13-21-14-16;2*1-2/h10,13-15,17-18H,5-9,11-12H2,1-4H3;2H,1H3;1H2. The van der Waals surface area contributed by atoms with Crippen molar-refractivity contribution in [3.8, 4) is 0 Å². The first kappa shape index (κ1) is 22.0. The van der Waals surface area contributed by atoms with Crippen LogP contribution in [-0.4, -0.2) is 19.0 Å². The summed E-state index contributed by atoms with van der Waals surface area (Å²) in [5, 5.41) is 7.00. The van der Waals surface area contributed by atoms with Crippen molar-refractivity contribution in [3.05, 3.63) is 24.2 Å². The number of carbonyl (C=O) groups is 1. The molecule has 2 fully saturated rings. The normalized spacial score (nSPS) is 33.1. The first-order valence-corrected chi connectivity index (χ1v) is 9.68. The first-order valence-electron chi connectivity index (χ1n) is 9.68. The fourth-order valence-electron chi connectivity index (χ4n) is 5.98. The van der Waals surface area contributed by atoms with E-state index in [2.05, 4.69) is 33.8 Å². The van der Waals surface area contributed by atoms with Crippen LogP contribution >= 0.6 is 0 Å². The third-order valence-electron chi connectivity index (χ3n) is 7.04. The van der Waals surface area contributed by atoms with Crippen molar-refractivity contribution in [1.29, 1.82) is 0 Å². The number of aliphatic hydroxyl groups excluding tert-OH is 1. The predicted octanol–water partition coefficient (Wildman–Crippen LogP) is 5.51. The molecule has 0 aliphatic heterocycles. The fourth-order valence-corrected chi connectivity index (χ4v) is 5.98. The minimum atomic E-state index is 0.543. The number of hydrogen-bond donors (Lipinski definition) is 1. The average Bonchev–Trinajstić information content (AvgIpc) is 3.10. The van der Waals surface area contributed by atoms with Gasteiger partial charge >= 0.3 is 0 Å². The summed E-state index contributed by atoms with van der Waals surface area (Å²) in [6, 6.07) is 2.14. The van der Waals surface area contributed by atoms with Crippen molar-refractivity contribution in [1.82, 2.24) is 0 Å².